The molecule has 57 heavy (non-hydrogen) atoms. The zero-order valence-electron chi connectivity index (χ0n) is 29.6. The fourth-order valence-electron chi connectivity index (χ4n) is 5.75. The van der Waals surface area contributed by atoms with Crippen molar-refractivity contribution in [3.8, 4) is 0 Å². The standard InChI is InChI=1S/C21H16ClNO6.C20H14ClNO6/c1-29-21(28)13-4-2-12(3-5-13)10-23-11-16(18(24)9-19(25)20(26)27)15-8-14(22)6-7-17(15)23;21-13-5-6-16-14(7-13)15(17(23)8-18(24)20(27)28)10-22(16)9-11-1-3-12(4-2-11)19(25)26/h2-9,11,24H,10H2,1H3,(H,26,27);1-8,10,23H,9H2,(H,25,26)(H,27,28). The van der Waals surface area contributed by atoms with Crippen LogP contribution < -0.4 is 0 Å². The lowest BCUT2D eigenvalue weighted by Crippen LogP contribution is -2.09. The van der Waals surface area contributed by atoms with E-state index in [2.05, 4.69) is 4.74 Å². The molecule has 0 amide bonds. The summed E-state index contributed by atoms with van der Waals surface area (Å²) in [5, 5.41) is 49.0. The van der Waals surface area contributed by atoms with Crippen molar-refractivity contribution in [2.75, 3.05) is 7.11 Å². The zero-order chi connectivity index (χ0) is 41.6. The molecule has 6 aromatic rings. The van der Waals surface area contributed by atoms with E-state index < -0.39 is 47.0 Å². The van der Waals surface area contributed by atoms with Crippen molar-refractivity contribution in [1.29, 1.82) is 0 Å². The van der Waals surface area contributed by atoms with Crippen LogP contribution in [0, 0.1) is 0 Å². The Bertz CT molecular complexity index is 2640. The molecule has 0 saturated heterocycles. The van der Waals surface area contributed by atoms with Gasteiger partial charge in [0.15, 0.2) is 0 Å². The quantitative estimate of drug-likeness (QED) is 0.0356. The van der Waals surface area contributed by atoms with Crippen molar-refractivity contribution in [2.24, 2.45) is 0 Å². The monoisotopic (exact) mass is 812 g/mol. The van der Waals surface area contributed by atoms with Crippen LogP contribution in [0.5, 0.6) is 0 Å². The first kappa shape index (κ1) is 41.0. The predicted octanol–water partition coefficient (Wildman–Crippen LogP) is 7.28. The number of aliphatic carboxylic acids is 2. The Morgan fingerprint density at radius 2 is 0.965 bits per heavy atom. The van der Waals surface area contributed by atoms with Gasteiger partial charge in [-0.25, -0.2) is 19.2 Å². The van der Waals surface area contributed by atoms with Crippen LogP contribution >= 0.6 is 23.2 Å². The van der Waals surface area contributed by atoms with Crippen LogP contribution in [0.25, 0.3) is 33.3 Å². The zero-order valence-corrected chi connectivity index (χ0v) is 31.1. The van der Waals surface area contributed by atoms with Crippen molar-refractivity contribution in [1.82, 2.24) is 9.13 Å². The van der Waals surface area contributed by atoms with E-state index in [1.54, 1.807) is 89.8 Å². The number of halogens is 2. The van der Waals surface area contributed by atoms with Gasteiger partial charge in [0.2, 0.25) is 0 Å². The topological polar surface area (TPSA) is 223 Å². The maximum absolute atomic E-state index is 11.6. The number of aromatic nitrogens is 2. The van der Waals surface area contributed by atoms with Gasteiger partial charge in [0.1, 0.15) is 11.5 Å². The summed E-state index contributed by atoms with van der Waals surface area (Å²) >= 11 is 12.1. The lowest BCUT2D eigenvalue weighted by Gasteiger charge is -2.07. The number of esters is 1. The molecule has 0 radical (unpaired) electrons. The highest BCUT2D eigenvalue weighted by Gasteiger charge is 2.18. The number of ketones is 2. The number of carboxylic acids is 3. The van der Waals surface area contributed by atoms with Crippen LogP contribution in [0.1, 0.15) is 43.0 Å². The summed E-state index contributed by atoms with van der Waals surface area (Å²) in [6.45, 7) is 0.762. The summed E-state index contributed by atoms with van der Waals surface area (Å²) in [4.78, 5) is 66.9. The van der Waals surface area contributed by atoms with E-state index in [0.29, 0.717) is 57.1 Å². The third-order valence-corrected chi connectivity index (χ3v) is 8.95. The third-order valence-electron chi connectivity index (χ3n) is 8.48. The van der Waals surface area contributed by atoms with E-state index in [0.717, 1.165) is 16.6 Å². The number of carbonyl (C=O) groups excluding carboxylic acids is 3. The predicted molar refractivity (Wildman–Crippen MR) is 210 cm³/mol. The van der Waals surface area contributed by atoms with Crippen LogP contribution in [0.2, 0.25) is 10.0 Å². The van der Waals surface area contributed by atoms with Gasteiger partial charge in [-0.3, -0.25) is 9.59 Å². The highest BCUT2D eigenvalue weighted by molar-refractivity contribution is 6.39. The second-order valence-electron chi connectivity index (χ2n) is 12.3. The third kappa shape index (κ3) is 9.75. The fraction of sp³-hybridized carbons (Fsp3) is 0.0732. The maximum Gasteiger partial charge on any atom is 0.376 e. The lowest BCUT2D eigenvalue weighted by atomic mass is 10.1. The average Bonchev–Trinajstić information content (AvgIpc) is 3.72. The van der Waals surface area contributed by atoms with Crippen molar-refractivity contribution in [3.63, 3.8) is 0 Å². The number of methoxy groups -OCH3 is 1. The molecule has 4 aromatic carbocycles. The Kier molecular flexibility index (Phi) is 12.6. The fourth-order valence-corrected chi connectivity index (χ4v) is 6.09. The Hall–Kier alpha value is -7.16. The number of hydrogen-bond donors (Lipinski definition) is 5. The number of hydrogen-bond acceptors (Lipinski definition) is 9. The van der Waals surface area contributed by atoms with Crippen molar-refractivity contribution >= 4 is 92.0 Å². The maximum atomic E-state index is 11.6. The minimum Gasteiger partial charge on any atom is -0.507 e. The number of rotatable bonds is 12. The van der Waals surface area contributed by atoms with Crippen LogP contribution in [0.4, 0.5) is 0 Å². The normalized spacial score (nSPS) is 11.5. The number of carboxylic acid groups (broad SMARTS) is 3. The molecule has 0 spiro atoms. The first-order valence-corrected chi connectivity index (χ1v) is 17.2. The van der Waals surface area contributed by atoms with Gasteiger partial charge >= 0.3 is 23.9 Å². The molecule has 0 unspecified atom stereocenters. The summed E-state index contributed by atoms with van der Waals surface area (Å²) in [6, 6.07) is 23.3. The highest BCUT2D eigenvalue weighted by Crippen LogP contribution is 2.31. The first-order valence-electron chi connectivity index (χ1n) is 16.5. The average molecular weight is 814 g/mol. The van der Waals surface area contributed by atoms with E-state index >= 15 is 0 Å². The summed E-state index contributed by atoms with van der Waals surface area (Å²) in [7, 11) is 1.31. The highest BCUT2D eigenvalue weighted by atomic mass is 35.5. The Morgan fingerprint density at radius 3 is 1.32 bits per heavy atom. The summed E-state index contributed by atoms with van der Waals surface area (Å²) < 4.78 is 8.29. The number of benzene rings is 4. The van der Waals surface area contributed by atoms with Crippen molar-refractivity contribution < 1.29 is 59.0 Å². The molecule has 0 aliphatic rings. The molecular weight excluding hydrogens is 783 g/mol. The van der Waals surface area contributed by atoms with Crippen LogP contribution in [0.3, 0.4) is 0 Å². The molecule has 5 N–H and O–H groups in total. The second kappa shape index (κ2) is 17.5. The van der Waals surface area contributed by atoms with Gasteiger partial charge in [0.25, 0.3) is 11.6 Å². The molecular formula is C41H30Cl2N2O12. The van der Waals surface area contributed by atoms with Crippen LogP contribution in [0.15, 0.2) is 109 Å². The first-order chi connectivity index (χ1) is 27.1. The summed E-state index contributed by atoms with van der Waals surface area (Å²) in [5.74, 6) is -8.22. The number of aliphatic hydroxyl groups is 2. The molecule has 16 heteroatoms. The molecule has 2 aromatic heterocycles. The van der Waals surface area contributed by atoms with Gasteiger partial charge in [-0.2, -0.15) is 0 Å². The number of aromatic carboxylic acids is 1. The summed E-state index contributed by atoms with van der Waals surface area (Å²) in [5.41, 5.74) is 4.25. The van der Waals surface area contributed by atoms with Gasteiger partial charge < -0.3 is 39.4 Å². The number of ether oxygens (including phenoxy) is 1. The number of fused-ring (bicyclic) bond motifs is 2. The van der Waals surface area contributed by atoms with Gasteiger partial charge in [0, 0.05) is 80.6 Å². The molecule has 0 saturated carbocycles. The minimum atomic E-state index is -1.67. The largest absolute Gasteiger partial charge is 0.507 e. The summed E-state index contributed by atoms with van der Waals surface area (Å²) in [6.07, 6.45) is 4.49. The van der Waals surface area contributed by atoms with Gasteiger partial charge in [-0.1, -0.05) is 47.5 Å². The number of aliphatic hydroxyl groups excluding tert-OH is 2. The van der Waals surface area contributed by atoms with E-state index in [1.807, 2.05) is 4.57 Å². The SMILES string of the molecule is COC(=O)c1ccc(Cn2cc(C(O)=CC(=O)C(=O)O)c3cc(Cl)ccc32)cc1.O=C(O)C(=O)C=C(O)c1cn(Cc2ccc(C(=O)O)cc2)c2ccc(Cl)cc12. The molecule has 0 bridgehead atoms. The Morgan fingerprint density at radius 1 is 0.579 bits per heavy atom. The van der Waals surface area contributed by atoms with Crippen LogP contribution in [-0.2, 0) is 37.0 Å². The number of carbonyl (C=O) groups is 6. The van der Waals surface area contributed by atoms with E-state index in [-0.39, 0.29) is 16.7 Å². The minimum absolute atomic E-state index is 0.168. The molecule has 2 heterocycles. The lowest BCUT2D eigenvalue weighted by molar-refractivity contribution is -0.146. The van der Waals surface area contributed by atoms with E-state index in [4.69, 9.17) is 38.5 Å². The second-order valence-corrected chi connectivity index (χ2v) is 13.1. The molecule has 6 rings (SSSR count). The molecule has 0 atom stereocenters. The molecule has 14 nitrogen and oxygen atoms in total. The van der Waals surface area contributed by atoms with Crippen LogP contribution in [-0.4, -0.2) is 77.2 Å². The van der Waals surface area contributed by atoms with E-state index in [1.165, 1.54) is 19.2 Å². The van der Waals surface area contributed by atoms with E-state index in [9.17, 15) is 39.0 Å². The van der Waals surface area contributed by atoms with Crippen molar-refractivity contribution in [2.45, 2.75) is 13.1 Å². The van der Waals surface area contributed by atoms with Crippen molar-refractivity contribution in [3.05, 3.63) is 153 Å². The smallest absolute Gasteiger partial charge is 0.376 e. The van der Waals surface area contributed by atoms with Gasteiger partial charge in [-0.05, 0) is 71.8 Å². The Balaban J connectivity index is 0.000000218. The number of nitrogens with zero attached hydrogens (tertiary/aromatic N) is 2. The molecule has 0 fully saturated rings. The Labute approximate surface area is 332 Å². The molecule has 0 aliphatic carbocycles. The van der Waals surface area contributed by atoms with Gasteiger partial charge in [-0.15, -0.1) is 0 Å². The van der Waals surface area contributed by atoms with Gasteiger partial charge in [0.05, 0.1) is 18.2 Å². The molecule has 0 aliphatic heterocycles. The molecule has 290 valence electrons.